The number of hydrogen-bond acceptors (Lipinski definition) is 2. The molecule has 0 saturated carbocycles. The summed E-state index contributed by atoms with van der Waals surface area (Å²) in [6.45, 7) is 0.915. The average molecular weight is 262 g/mol. The maximum absolute atomic E-state index is 4.41. The summed E-state index contributed by atoms with van der Waals surface area (Å²) in [7, 11) is 1.97. The molecule has 0 spiro atoms. The molecule has 1 aromatic heterocycles. The largest absolute Gasteiger partial charge is 0.316 e. The maximum atomic E-state index is 4.41. The van der Waals surface area contributed by atoms with Gasteiger partial charge in [-0.1, -0.05) is 42.5 Å². The van der Waals surface area contributed by atoms with Gasteiger partial charge in [0.2, 0.25) is 0 Å². The molecule has 2 nitrogen and oxygen atoms in total. The van der Waals surface area contributed by atoms with E-state index < -0.39 is 0 Å². The fourth-order valence-corrected chi connectivity index (χ4v) is 2.51. The van der Waals surface area contributed by atoms with Crippen molar-refractivity contribution in [2.45, 2.75) is 13.0 Å². The Morgan fingerprint density at radius 1 is 0.900 bits per heavy atom. The maximum Gasteiger partial charge on any atom is 0.0704 e. The van der Waals surface area contributed by atoms with Gasteiger partial charge in [-0.2, -0.15) is 0 Å². The molecule has 0 aliphatic carbocycles. The third kappa shape index (κ3) is 2.70. The molecule has 0 unspecified atom stereocenters. The monoisotopic (exact) mass is 262 g/mol. The highest BCUT2D eigenvalue weighted by molar-refractivity contribution is 5.82. The van der Waals surface area contributed by atoms with Crippen LogP contribution in [-0.4, -0.2) is 12.0 Å². The van der Waals surface area contributed by atoms with Crippen LogP contribution in [0.15, 0.2) is 60.8 Å². The van der Waals surface area contributed by atoms with Crippen LogP contribution in [0.2, 0.25) is 0 Å². The Labute approximate surface area is 119 Å². The molecule has 3 aromatic rings. The average Bonchev–Trinajstić information content (AvgIpc) is 2.50. The first-order chi connectivity index (χ1) is 9.86. The molecule has 2 heteroatoms. The second-order valence-electron chi connectivity index (χ2n) is 5.01. The lowest BCUT2D eigenvalue weighted by molar-refractivity contribution is 0.817. The third-order valence-electron chi connectivity index (χ3n) is 3.54. The lowest BCUT2D eigenvalue weighted by Crippen LogP contribution is -2.04. The van der Waals surface area contributed by atoms with Gasteiger partial charge in [0.05, 0.1) is 5.52 Å². The Morgan fingerprint density at radius 2 is 1.65 bits per heavy atom. The van der Waals surface area contributed by atoms with Gasteiger partial charge in [0.25, 0.3) is 0 Å². The number of aromatic nitrogens is 1. The van der Waals surface area contributed by atoms with Gasteiger partial charge < -0.3 is 5.32 Å². The first-order valence-corrected chi connectivity index (χ1v) is 6.92. The number of nitrogens with zero attached hydrogens (tertiary/aromatic N) is 1. The smallest absolute Gasteiger partial charge is 0.0704 e. The number of para-hydroxylation sites is 1. The normalized spacial score (nSPS) is 10.8. The van der Waals surface area contributed by atoms with Crippen LogP contribution in [0, 0.1) is 0 Å². The van der Waals surface area contributed by atoms with Crippen molar-refractivity contribution in [2.75, 3.05) is 7.05 Å². The van der Waals surface area contributed by atoms with Crippen LogP contribution in [0.25, 0.3) is 10.9 Å². The molecule has 0 atom stereocenters. The number of benzene rings is 2. The van der Waals surface area contributed by atoms with Crippen molar-refractivity contribution in [1.82, 2.24) is 10.3 Å². The first kappa shape index (κ1) is 12.8. The lowest BCUT2D eigenvalue weighted by Gasteiger charge is -2.07. The van der Waals surface area contributed by atoms with Crippen LogP contribution in [-0.2, 0) is 13.0 Å². The van der Waals surface area contributed by atoms with Gasteiger partial charge in [0, 0.05) is 18.1 Å². The zero-order valence-electron chi connectivity index (χ0n) is 11.6. The molecule has 0 aliphatic heterocycles. The molecule has 0 bridgehead atoms. The fourth-order valence-electron chi connectivity index (χ4n) is 2.51. The van der Waals surface area contributed by atoms with Crippen LogP contribution in [0.5, 0.6) is 0 Å². The Morgan fingerprint density at radius 3 is 2.45 bits per heavy atom. The van der Waals surface area contributed by atoms with Crippen LogP contribution in [0.1, 0.15) is 16.7 Å². The van der Waals surface area contributed by atoms with Crippen molar-refractivity contribution in [3.05, 3.63) is 77.5 Å². The lowest BCUT2D eigenvalue weighted by atomic mass is 10.0. The Bertz CT molecular complexity index is 697. The number of fused-ring (bicyclic) bond motifs is 1. The van der Waals surface area contributed by atoms with Crippen LogP contribution < -0.4 is 5.32 Å². The predicted octanol–water partition coefficient (Wildman–Crippen LogP) is 3.55. The van der Waals surface area contributed by atoms with Gasteiger partial charge in [-0.05, 0) is 42.3 Å². The molecule has 1 N–H and O–H groups in total. The highest BCUT2D eigenvalue weighted by atomic mass is 14.8. The number of nitrogens with one attached hydrogen (secondary N) is 1. The first-order valence-electron chi connectivity index (χ1n) is 6.92. The van der Waals surface area contributed by atoms with E-state index in [2.05, 4.69) is 58.8 Å². The second kappa shape index (κ2) is 5.85. The van der Waals surface area contributed by atoms with E-state index in [0.717, 1.165) is 18.5 Å². The Kier molecular flexibility index (Phi) is 3.75. The molecule has 2 aromatic carbocycles. The van der Waals surface area contributed by atoms with Crippen molar-refractivity contribution in [3.8, 4) is 0 Å². The van der Waals surface area contributed by atoms with Crippen molar-refractivity contribution in [3.63, 3.8) is 0 Å². The fraction of sp³-hybridized carbons (Fsp3) is 0.167. The van der Waals surface area contributed by atoms with E-state index in [1.807, 2.05) is 19.3 Å². The van der Waals surface area contributed by atoms with Crippen molar-refractivity contribution >= 4 is 10.9 Å². The summed E-state index contributed by atoms with van der Waals surface area (Å²) in [6.07, 6.45) is 2.84. The van der Waals surface area contributed by atoms with Gasteiger partial charge in [-0.15, -0.1) is 0 Å². The molecule has 3 rings (SSSR count). The molecule has 100 valence electrons. The number of hydrogen-bond donors (Lipinski definition) is 1. The minimum Gasteiger partial charge on any atom is -0.316 e. The number of pyridine rings is 1. The third-order valence-corrected chi connectivity index (χ3v) is 3.54. The summed E-state index contributed by atoms with van der Waals surface area (Å²) in [6, 6.07) is 19.2. The van der Waals surface area contributed by atoms with Gasteiger partial charge >= 0.3 is 0 Å². The van der Waals surface area contributed by atoms with E-state index in [1.54, 1.807) is 0 Å². The molecule has 20 heavy (non-hydrogen) atoms. The topological polar surface area (TPSA) is 24.9 Å². The van der Waals surface area contributed by atoms with Crippen molar-refractivity contribution in [2.24, 2.45) is 0 Å². The van der Waals surface area contributed by atoms with E-state index in [-0.39, 0.29) is 0 Å². The van der Waals surface area contributed by atoms with Crippen LogP contribution >= 0.6 is 0 Å². The summed E-state index contributed by atoms with van der Waals surface area (Å²) in [4.78, 5) is 4.41. The summed E-state index contributed by atoms with van der Waals surface area (Å²) in [5.41, 5.74) is 5.05. The molecule has 0 radical (unpaired) electrons. The van der Waals surface area contributed by atoms with E-state index >= 15 is 0 Å². The zero-order valence-corrected chi connectivity index (χ0v) is 11.6. The molecule has 0 saturated heterocycles. The van der Waals surface area contributed by atoms with Gasteiger partial charge in [-0.3, -0.25) is 4.98 Å². The standard InChI is InChI=1S/C18H18N2/c1-19-13-15-8-6-14(7-9-15)12-16-10-11-20-18-5-3-2-4-17(16)18/h2-11,19H,12-13H2,1H3. The Hall–Kier alpha value is -2.19. The van der Waals surface area contributed by atoms with E-state index in [1.165, 1.54) is 22.1 Å². The van der Waals surface area contributed by atoms with Crippen LogP contribution in [0.4, 0.5) is 0 Å². The quantitative estimate of drug-likeness (QED) is 0.778. The van der Waals surface area contributed by atoms with E-state index in [4.69, 9.17) is 0 Å². The molecular formula is C18H18N2. The van der Waals surface area contributed by atoms with Gasteiger partial charge in [-0.25, -0.2) is 0 Å². The van der Waals surface area contributed by atoms with Crippen molar-refractivity contribution in [1.29, 1.82) is 0 Å². The van der Waals surface area contributed by atoms with Crippen molar-refractivity contribution < 1.29 is 0 Å². The minimum absolute atomic E-state index is 0.915. The Balaban J connectivity index is 1.89. The van der Waals surface area contributed by atoms with Crippen LogP contribution in [0.3, 0.4) is 0 Å². The predicted molar refractivity (Wildman–Crippen MR) is 83.8 cm³/mol. The summed E-state index contributed by atoms with van der Waals surface area (Å²) in [5, 5.41) is 4.41. The van der Waals surface area contributed by atoms with Gasteiger partial charge in [0.15, 0.2) is 0 Å². The zero-order chi connectivity index (χ0) is 13.8. The molecule has 1 heterocycles. The van der Waals surface area contributed by atoms with E-state index in [9.17, 15) is 0 Å². The summed E-state index contributed by atoms with van der Waals surface area (Å²) < 4.78 is 0. The molecule has 0 fully saturated rings. The molecule has 0 aliphatic rings. The second-order valence-corrected chi connectivity index (χ2v) is 5.01. The van der Waals surface area contributed by atoms with E-state index in [0.29, 0.717) is 0 Å². The summed E-state index contributed by atoms with van der Waals surface area (Å²) in [5.74, 6) is 0. The molecule has 0 amide bonds. The SMILES string of the molecule is CNCc1ccc(Cc2ccnc3ccccc23)cc1. The number of rotatable bonds is 4. The highest BCUT2D eigenvalue weighted by Crippen LogP contribution is 2.19. The highest BCUT2D eigenvalue weighted by Gasteiger charge is 2.02. The minimum atomic E-state index is 0.915. The summed E-state index contributed by atoms with van der Waals surface area (Å²) >= 11 is 0. The van der Waals surface area contributed by atoms with Gasteiger partial charge in [0.1, 0.15) is 0 Å². The molecular weight excluding hydrogens is 244 g/mol.